The molecular formula is C22H25N5O. The summed E-state index contributed by atoms with van der Waals surface area (Å²) in [6, 6.07) is 20.0. The first-order valence-corrected chi connectivity index (χ1v) is 9.29. The van der Waals surface area contributed by atoms with Gasteiger partial charge in [-0.25, -0.2) is 4.98 Å². The van der Waals surface area contributed by atoms with Gasteiger partial charge in [0.05, 0.1) is 0 Å². The van der Waals surface area contributed by atoms with E-state index in [0.29, 0.717) is 5.95 Å². The van der Waals surface area contributed by atoms with Gasteiger partial charge in [-0.2, -0.15) is 4.98 Å². The molecule has 144 valence electrons. The molecule has 0 saturated carbocycles. The summed E-state index contributed by atoms with van der Waals surface area (Å²) in [5.74, 6) is 1.26. The number of rotatable bonds is 7. The molecule has 0 fully saturated rings. The number of carbonyl (C=O) groups excluding carboxylic acids is 1. The Bertz CT molecular complexity index is 927. The second kappa shape index (κ2) is 8.99. The highest BCUT2D eigenvalue weighted by molar-refractivity contribution is 5.89. The van der Waals surface area contributed by atoms with Crippen LogP contribution in [0.4, 0.5) is 23.1 Å². The number of hydrogen-bond donors (Lipinski definition) is 2. The fourth-order valence-corrected chi connectivity index (χ4v) is 2.88. The number of nitrogens with zero attached hydrogens (tertiary/aromatic N) is 3. The van der Waals surface area contributed by atoms with E-state index in [1.807, 2.05) is 48.5 Å². The van der Waals surface area contributed by atoms with Gasteiger partial charge in [-0.05, 0) is 43.7 Å². The molecule has 0 radical (unpaired) electrons. The van der Waals surface area contributed by atoms with E-state index in [2.05, 4.69) is 46.5 Å². The molecule has 0 aliphatic carbocycles. The van der Waals surface area contributed by atoms with Crippen molar-refractivity contribution in [2.24, 2.45) is 0 Å². The Morgan fingerprint density at radius 3 is 2.50 bits per heavy atom. The number of carbonyl (C=O) groups is 1. The molecule has 28 heavy (non-hydrogen) atoms. The molecule has 0 unspecified atom stereocenters. The van der Waals surface area contributed by atoms with E-state index in [1.165, 1.54) is 12.5 Å². The predicted molar refractivity (Wildman–Crippen MR) is 114 cm³/mol. The standard InChI is InChI=1S/C22H25N5O/c1-16(2)27(15-18-8-5-4-6-9-18)21-12-13-23-22(26-21)25-20-11-7-10-19(14-20)24-17(3)28/h4-14,16H,15H2,1-3H3,(H,24,28)(H,23,25,26). The summed E-state index contributed by atoms with van der Waals surface area (Å²) in [5, 5.41) is 5.99. The van der Waals surface area contributed by atoms with Gasteiger partial charge in [-0.1, -0.05) is 36.4 Å². The fourth-order valence-electron chi connectivity index (χ4n) is 2.88. The Morgan fingerprint density at radius 1 is 1.04 bits per heavy atom. The second-order valence-corrected chi connectivity index (χ2v) is 6.83. The van der Waals surface area contributed by atoms with E-state index in [0.717, 1.165) is 23.7 Å². The third kappa shape index (κ3) is 5.30. The normalized spacial score (nSPS) is 10.6. The van der Waals surface area contributed by atoms with Gasteiger partial charge in [-0.15, -0.1) is 0 Å². The van der Waals surface area contributed by atoms with Crippen molar-refractivity contribution in [2.75, 3.05) is 15.5 Å². The van der Waals surface area contributed by atoms with Crippen LogP contribution in [-0.2, 0) is 11.3 Å². The summed E-state index contributed by atoms with van der Waals surface area (Å²) in [4.78, 5) is 22.5. The molecule has 2 aromatic carbocycles. The van der Waals surface area contributed by atoms with Crippen molar-refractivity contribution in [2.45, 2.75) is 33.4 Å². The number of aromatic nitrogens is 2. The van der Waals surface area contributed by atoms with Crippen molar-refractivity contribution in [3.8, 4) is 0 Å². The first kappa shape index (κ1) is 19.4. The van der Waals surface area contributed by atoms with Gasteiger partial charge in [-0.3, -0.25) is 4.79 Å². The zero-order valence-corrected chi connectivity index (χ0v) is 16.4. The van der Waals surface area contributed by atoms with Gasteiger partial charge < -0.3 is 15.5 Å². The highest BCUT2D eigenvalue weighted by Crippen LogP contribution is 2.22. The Morgan fingerprint density at radius 2 is 1.79 bits per heavy atom. The lowest BCUT2D eigenvalue weighted by Gasteiger charge is -2.28. The Kier molecular flexibility index (Phi) is 6.22. The average molecular weight is 375 g/mol. The van der Waals surface area contributed by atoms with Crippen LogP contribution >= 0.6 is 0 Å². The van der Waals surface area contributed by atoms with E-state index in [-0.39, 0.29) is 11.9 Å². The molecule has 6 heteroatoms. The minimum Gasteiger partial charge on any atom is -0.350 e. The highest BCUT2D eigenvalue weighted by atomic mass is 16.1. The first-order chi connectivity index (χ1) is 13.5. The number of hydrogen-bond acceptors (Lipinski definition) is 5. The van der Waals surface area contributed by atoms with E-state index in [9.17, 15) is 4.79 Å². The molecule has 0 aliphatic rings. The third-order valence-electron chi connectivity index (χ3n) is 4.19. The van der Waals surface area contributed by atoms with E-state index in [4.69, 9.17) is 4.98 Å². The van der Waals surface area contributed by atoms with E-state index >= 15 is 0 Å². The van der Waals surface area contributed by atoms with Crippen LogP contribution in [0.15, 0.2) is 66.9 Å². The summed E-state index contributed by atoms with van der Waals surface area (Å²) in [5.41, 5.74) is 2.76. The second-order valence-electron chi connectivity index (χ2n) is 6.83. The number of benzene rings is 2. The first-order valence-electron chi connectivity index (χ1n) is 9.29. The van der Waals surface area contributed by atoms with Gasteiger partial charge in [0.25, 0.3) is 0 Å². The Balaban J connectivity index is 1.79. The van der Waals surface area contributed by atoms with Crippen molar-refractivity contribution >= 4 is 29.0 Å². The van der Waals surface area contributed by atoms with E-state index in [1.54, 1.807) is 6.20 Å². The topological polar surface area (TPSA) is 70.2 Å². The Hall–Kier alpha value is -3.41. The minimum absolute atomic E-state index is 0.108. The highest BCUT2D eigenvalue weighted by Gasteiger charge is 2.13. The van der Waals surface area contributed by atoms with Gasteiger partial charge in [0, 0.05) is 37.1 Å². The molecular weight excluding hydrogens is 350 g/mol. The lowest BCUT2D eigenvalue weighted by atomic mass is 10.2. The fraction of sp³-hybridized carbons (Fsp3) is 0.227. The average Bonchev–Trinajstić information content (AvgIpc) is 2.67. The van der Waals surface area contributed by atoms with Gasteiger partial charge >= 0.3 is 0 Å². The van der Waals surface area contributed by atoms with E-state index < -0.39 is 0 Å². The van der Waals surface area contributed by atoms with Crippen molar-refractivity contribution in [3.63, 3.8) is 0 Å². The van der Waals surface area contributed by atoms with Gasteiger partial charge in [0.2, 0.25) is 11.9 Å². The minimum atomic E-state index is -0.108. The molecule has 0 spiro atoms. The van der Waals surface area contributed by atoms with Gasteiger partial charge in [0.15, 0.2) is 0 Å². The van der Waals surface area contributed by atoms with Crippen LogP contribution in [0.2, 0.25) is 0 Å². The molecule has 1 amide bonds. The molecule has 0 atom stereocenters. The summed E-state index contributed by atoms with van der Waals surface area (Å²) in [6.45, 7) is 6.55. The zero-order chi connectivity index (χ0) is 19.9. The van der Waals surface area contributed by atoms with Crippen molar-refractivity contribution < 1.29 is 4.79 Å². The molecule has 1 aromatic heterocycles. The molecule has 6 nitrogen and oxygen atoms in total. The zero-order valence-electron chi connectivity index (χ0n) is 16.4. The van der Waals surface area contributed by atoms with Crippen LogP contribution in [-0.4, -0.2) is 21.9 Å². The lowest BCUT2D eigenvalue weighted by molar-refractivity contribution is -0.114. The quantitative estimate of drug-likeness (QED) is 0.632. The summed E-state index contributed by atoms with van der Waals surface area (Å²) >= 11 is 0. The number of anilines is 4. The number of amides is 1. The van der Waals surface area contributed by atoms with Crippen LogP contribution in [0.5, 0.6) is 0 Å². The predicted octanol–water partition coefficient (Wildman–Crippen LogP) is 4.59. The molecule has 1 heterocycles. The molecule has 0 saturated heterocycles. The third-order valence-corrected chi connectivity index (χ3v) is 4.19. The molecule has 2 N–H and O–H groups in total. The maximum absolute atomic E-state index is 11.3. The summed E-state index contributed by atoms with van der Waals surface area (Å²) in [6.07, 6.45) is 1.75. The van der Waals surface area contributed by atoms with Crippen LogP contribution in [0.3, 0.4) is 0 Å². The maximum atomic E-state index is 11.3. The largest absolute Gasteiger partial charge is 0.350 e. The summed E-state index contributed by atoms with van der Waals surface area (Å²) < 4.78 is 0. The Labute approximate surface area is 165 Å². The van der Waals surface area contributed by atoms with Crippen LogP contribution in [0, 0.1) is 0 Å². The maximum Gasteiger partial charge on any atom is 0.229 e. The van der Waals surface area contributed by atoms with Crippen LogP contribution in [0.25, 0.3) is 0 Å². The molecule has 0 aliphatic heterocycles. The van der Waals surface area contributed by atoms with Crippen molar-refractivity contribution in [1.82, 2.24) is 9.97 Å². The summed E-state index contributed by atoms with van der Waals surface area (Å²) in [7, 11) is 0. The van der Waals surface area contributed by atoms with Gasteiger partial charge in [0.1, 0.15) is 5.82 Å². The molecule has 0 bridgehead atoms. The smallest absolute Gasteiger partial charge is 0.229 e. The molecule has 3 rings (SSSR count). The van der Waals surface area contributed by atoms with Crippen LogP contribution < -0.4 is 15.5 Å². The lowest BCUT2D eigenvalue weighted by Crippen LogP contribution is -2.31. The number of nitrogens with one attached hydrogen (secondary N) is 2. The SMILES string of the molecule is CC(=O)Nc1cccc(Nc2nccc(N(Cc3ccccc3)C(C)C)n2)c1. The van der Waals surface area contributed by atoms with Crippen molar-refractivity contribution in [1.29, 1.82) is 0 Å². The molecule has 3 aromatic rings. The van der Waals surface area contributed by atoms with Crippen molar-refractivity contribution in [3.05, 3.63) is 72.4 Å². The van der Waals surface area contributed by atoms with Crippen LogP contribution in [0.1, 0.15) is 26.3 Å². The monoisotopic (exact) mass is 375 g/mol.